The molecule has 0 aromatic carbocycles. The Morgan fingerprint density at radius 2 is 2.40 bits per heavy atom. The average Bonchev–Trinajstić information content (AvgIpc) is 2.70. The van der Waals surface area contributed by atoms with E-state index in [-0.39, 0.29) is 5.91 Å². The van der Waals surface area contributed by atoms with E-state index < -0.39 is 0 Å². The summed E-state index contributed by atoms with van der Waals surface area (Å²) in [7, 11) is 3.02. The predicted octanol–water partition coefficient (Wildman–Crippen LogP) is 1.20. The van der Waals surface area contributed by atoms with E-state index in [2.05, 4.69) is 9.97 Å². The number of hydroxylamine groups is 2. The summed E-state index contributed by atoms with van der Waals surface area (Å²) in [6.07, 6.45) is 4.99. The minimum atomic E-state index is -0.197. The highest BCUT2D eigenvalue weighted by molar-refractivity contribution is 6.05. The van der Waals surface area contributed by atoms with E-state index in [4.69, 9.17) is 4.84 Å². The number of hydrogen-bond acceptors (Lipinski definition) is 3. The van der Waals surface area contributed by atoms with E-state index in [1.165, 1.54) is 12.2 Å². The Morgan fingerprint density at radius 3 is 3.13 bits per heavy atom. The second-order valence-corrected chi connectivity index (χ2v) is 3.11. The number of hydrogen-bond donors (Lipinski definition) is 1. The largest absolute Gasteiger partial charge is 0.360 e. The molecule has 0 saturated heterocycles. The fourth-order valence-electron chi connectivity index (χ4n) is 1.39. The molecule has 0 bridgehead atoms. The van der Waals surface area contributed by atoms with Crippen LogP contribution in [0.3, 0.4) is 0 Å². The summed E-state index contributed by atoms with van der Waals surface area (Å²) in [4.78, 5) is 23.6. The molecule has 15 heavy (non-hydrogen) atoms. The number of carbonyl (C=O) groups excluding carboxylic acids is 1. The van der Waals surface area contributed by atoms with Gasteiger partial charge in [0, 0.05) is 36.5 Å². The van der Waals surface area contributed by atoms with Gasteiger partial charge in [-0.05, 0) is 6.07 Å². The van der Waals surface area contributed by atoms with Crippen LogP contribution in [0.15, 0.2) is 24.7 Å². The Balaban J connectivity index is 2.48. The van der Waals surface area contributed by atoms with Crippen LogP contribution in [0.25, 0.3) is 10.9 Å². The summed E-state index contributed by atoms with van der Waals surface area (Å²) in [6.45, 7) is 0. The van der Waals surface area contributed by atoms with Crippen molar-refractivity contribution in [3.05, 3.63) is 30.2 Å². The van der Waals surface area contributed by atoms with E-state index in [9.17, 15) is 4.79 Å². The molecule has 2 heterocycles. The number of H-pyrrole nitrogens is 1. The lowest BCUT2D eigenvalue weighted by atomic mass is 10.2. The molecule has 0 saturated carbocycles. The predicted molar refractivity (Wildman–Crippen MR) is 55.2 cm³/mol. The molecule has 5 heteroatoms. The van der Waals surface area contributed by atoms with Crippen LogP contribution in [-0.4, -0.2) is 35.1 Å². The maximum atomic E-state index is 11.8. The standard InChI is InChI=1S/C10H11N3O2/c1-13(15-2)10(14)8-6-12-9-3-4-11-5-7(8)9/h3-6,12H,1-2H3. The Bertz CT molecular complexity index is 492. The third kappa shape index (κ3) is 1.57. The lowest BCUT2D eigenvalue weighted by molar-refractivity contribution is -0.0755. The van der Waals surface area contributed by atoms with Gasteiger partial charge in [-0.1, -0.05) is 0 Å². The Morgan fingerprint density at radius 1 is 1.60 bits per heavy atom. The highest BCUT2D eigenvalue weighted by Gasteiger charge is 2.15. The van der Waals surface area contributed by atoms with E-state index in [1.54, 1.807) is 25.6 Å². The summed E-state index contributed by atoms with van der Waals surface area (Å²) < 4.78 is 0. The molecule has 2 aromatic rings. The molecule has 0 atom stereocenters. The Kier molecular flexibility index (Phi) is 2.39. The van der Waals surface area contributed by atoms with Crippen LogP contribution in [-0.2, 0) is 4.84 Å². The quantitative estimate of drug-likeness (QED) is 0.749. The summed E-state index contributed by atoms with van der Waals surface area (Å²) in [5, 5.41) is 1.97. The first-order valence-electron chi connectivity index (χ1n) is 4.47. The Hall–Kier alpha value is -1.88. The first-order valence-corrected chi connectivity index (χ1v) is 4.47. The molecule has 2 aromatic heterocycles. The molecule has 0 aliphatic heterocycles. The number of nitrogens with zero attached hydrogens (tertiary/aromatic N) is 2. The van der Waals surface area contributed by atoms with Gasteiger partial charge in [-0.3, -0.25) is 14.6 Å². The fourth-order valence-corrected chi connectivity index (χ4v) is 1.39. The maximum Gasteiger partial charge on any atom is 0.279 e. The maximum absolute atomic E-state index is 11.8. The zero-order valence-electron chi connectivity index (χ0n) is 8.52. The molecule has 0 aliphatic carbocycles. The van der Waals surface area contributed by atoms with E-state index in [0.717, 1.165) is 10.9 Å². The molecule has 1 amide bonds. The third-order valence-electron chi connectivity index (χ3n) is 2.27. The van der Waals surface area contributed by atoms with Crippen molar-refractivity contribution in [2.24, 2.45) is 0 Å². The van der Waals surface area contributed by atoms with Crippen molar-refractivity contribution in [1.29, 1.82) is 0 Å². The fraction of sp³-hybridized carbons (Fsp3) is 0.200. The van der Waals surface area contributed by atoms with Crippen molar-refractivity contribution < 1.29 is 9.63 Å². The number of carbonyl (C=O) groups is 1. The molecule has 0 unspecified atom stereocenters. The third-order valence-corrected chi connectivity index (χ3v) is 2.27. The van der Waals surface area contributed by atoms with Crippen LogP contribution in [0, 0.1) is 0 Å². The van der Waals surface area contributed by atoms with Gasteiger partial charge in [0.1, 0.15) is 0 Å². The second kappa shape index (κ2) is 3.70. The molecular formula is C10H11N3O2. The Labute approximate surface area is 86.6 Å². The molecule has 2 rings (SSSR count). The van der Waals surface area contributed by atoms with Gasteiger partial charge in [-0.15, -0.1) is 0 Å². The first-order chi connectivity index (χ1) is 7.24. The van der Waals surface area contributed by atoms with Crippen molar-refractivity contribution in [2.45, 2.75) is 0 Å². The van der Waals surface area contributed by atoms with Crippen LogP contribution in [0.1, 0.15) is 10.4 Å². The summed E-state index contributed by atoms with van der Waals surface area (Å²) in [5.74, 6) is -0.197. The van der Waals surface area contributed by atoms with Crippen LogP contribution in [0.5, 0.6) is 0 Å². The summed E-state index contributed by atoms with van der Waals surface area (Å²) in [5.41, 5.74) is 1.44. The number of aromatic nitrogens is 2. The second-order valence-electron chi connectivity index (χ2n) is 3.11. The zero-order chi connectivity index (χ0) is 10.8. The van der Waals surface area contributed by atoms with Gasteiger partial charge in [0.05, 0.1) is 12.7 Å². The van der Waals surface area contributed by atoms with E-state index >= 15 is 0 Å². The van der Waals surface area contributed by atoms with Gasteiger partial charge in [-0.25, -0.2) is 5.06 Å². The number of nitrogens with one attached hydrogen (secondary N) is 1. The smallest absolute Gasteiger partial charge is 0.279 e. The van der Waals surface area contributed by atoms with Crippen molar-refractivity contribution in [1.82, 2.24) is 15.0 Å². The lowest BCUT2D eigenvalue weighted by Gasteiger charge is -2.12. The van der Waals surface area contributed by atoms with Crippen molar-refractivity contribution in [2.75, 3.05) is 14.2 Å². The number of aromatic amines is 1. The van der Waals surface area contributed by atoms with Crippen LogP contribution >= 0.6 is 0 Å². The van der Waals surface area contributed by atoms with E-state index in [0.29, 0.717) is 5.56 Å². The van der Waals surface area contributed by atoms with E-state index in [1.807, 2.05) is 6.07 Å². The molecule has 5 nitrogen and oxygen atoms in total. The van der Waals surface area contributed by atoms with Gasteiger partial charge in [-0.2, -0.15) is 0 Å². The van der Waals surface area contributed by atoms with Crippen LogP contribution in [0.2, 0.25) is 0 Å². The van der Waals surface area contributed by atoms with Gasteiger partial charge in [0.2, 0.25) is 0 Å². The van der Waals surface area contributed by atoms with Crippen LogP contribution < -0.4 is 0 Å². The molecule has 0 spiro atoms. The highest BCUT2D eigenvalue weighted by Crippen LogP contribution is 2.17. The van der Waals surface area contributed by atoms with Gasteiger partial charge in [0.25, 0.3) is 5.91 Å². The number of rotatable bonds is 2. The van der Waals surface area contributed by atoms with Gasteiger partial charge < -0.3 is 4.98 Å². The van der Waals surface area contributed by atoms with Crippen molar-refractivity contribution in [3.8, 4) is 0 Å². The van der Waals surface area contributed by atoms with Crippen LogP contribution in [0.4, 0.5) is 0 Å². The average molecular weight is 205 g/mol. The monoisotopic (exact) mass is 205 g/mol. The SMILES string of the molecule is CON(C)C(=O)c1c[nH]c2ccncc12. The molecule has 1 N–H and O–H groups in total. The minimum Gasteiger partial charge on any atom is -0.360 e. The van der Waals surface area contributed by atoms with Gasteiger partial charge in [0.15, 0.2) is 0 Å². The molecule has 0 aliphatic rings. The summed E-state index contributed by atoms with van der Waals surface area (Å²) in [6, 6.07) is 1.82. The number of pyridine rings is 1. The minimum absolute atomic E-state index is 0.197. The summed E-state index contributed by atoms with van der Waals surface area (Å²) >= 11 is 0. The lowest BCUT2D eigenvalue weighted by Crippen LogP contribution is -2.25. The zero-order valence-corrected chi connectivity index (χ0v) is 8.52. The number of amides is 1. The molecule has 78 valence electrons. The van der Waals surface area contributed by atoms with Crippen molar-refractivity contribution >= 4 is 16.8 Å². The molecular weight excluding hydrogens is 194 g/mol. The molecule has 0 radical (unpaired) electrons. The molecule has 0 fully saturated rings. The number of fused-ring (bicyclic) bond motifs is 1. The normalized spacial score (nSPS) is 10.5. The topological polar surface area (TPSA) is 58.2 Å². The van der Waals surface area contributed by atoms with Gasteiger partial charge >= 0.3 is 0 Å². The highest BCUT2D eigenvalue weighted by atomic mass is 16.7. The van der Waals surface area contributed by atoms with Crippen molar-refractivity contribution in [3.63, 3.8) is 0 Å². The first kappa shape index (κ1) is 9.67.